The summed E-state index contributed by atoms with van der Waals surface area (Å²) in [6.07, 6.45) is 1.70. The fourth-order valence-electron chi connectivity index (χ4n) is 1.64. The van der Waals surface area contributed by atoms with Crippen molar-refractivity contribution < 1.29 is 9.90 Å². The van der Waals surface area contributed by atoms with E-state index < -0.39 is 11.9 Å². The van der Waals surface area contributed by atoms with Crippen molar-refractivity contribution in [3.8, 4) is 0 Å². The van der Waals surface area contributed by atoms with E-state index in [0.717, 1.165) is 24.2 Å². The molecule has 0 aliphatic rings. The third kappa shape index (κ3) is 3.68. The Morgan fingerprint density at radius 1 is 1.33 bits per heavy atom. The van der Waals surface area contributed by atoms with Gasteiger partial charge in [-0.2, -0.15) is 0 Å². The minimum Gasteiger partial charge on any atom is -0.481 e. The molecule has 0 fully saturated rings. The summed E-state index contributed by atoms with van der Waals surface area (Å²) in [6, 6.07) is 2.00. The molecule has 0 radical (unpaired) electrons. The van der Waals surface area contributed by atoms with E-state index >= 15 is 0 Å². The third-order valence-corrected chi connectivity index (χ3v) is 2.86. The average Bonchev–Trinajstić information content (AvgIpc) is 2.37. The van der Waals surface area contributed by atoms with Gasteiger partial charge in [-0.1, -0.05) is 20.8 Å². The van der Waals surface area contributed by atoms with Gasteiger partial charge in [-0.05, 0) is 18.9 Å². The second-order valence-corrected chi connectivity index (χ2v) is 4.48. The monoisotopic (exact) mass is 251 g/mol. The van der Waals surface area contributed by atoms with Crippen molar-refractivity contribution in [2.24, 2.45) is 5.92 Å². The minimum absolute atomic E-state index is 0.408. The molecular formula is C13H21N3O2. The van der Waals surface area contributed by atoms with Crippen molar-refractivity contribution in [1.82, 2.24) is 9.97 Å². The molecule has 0 saturated heterocycles. The number of aromatic nitrogens is 2. The van der Waals surface area contributed by atoms with Crippen LogP contribution in [-0.2, 0) is 17.6 Å². The molecule has 5 nitrogen and oxygen atoms in total. The van der Waals surface area contributed by atoms with Gasteiger partial charge in [-0.15, -0.1) is 0 Å². The number of anilines is 1. The van der Waals surface area contributed by atoms with Crippen molar-refractivity contribution >= 4 is 11.9 Å². The molecule has 0 aliphatic carbocycles. The van der Waals surface area contributed by atoms with E-state index in [2.05, 4.69) is 9.97 Å². The van der Waals surface area contributed by atoms with Crippen LogP contribution >= 0.6 is 0 Å². The molecule has 1 rings (SSSR count). The van der Waals surface area contributed by atoms with Gasteiger partial charge in [0.1, 0.15) is 0 Å². The van der Waals surface area contributed by atoms with Crippen LogP contribution in [0.4, 0.5) is 5.95 Å². The quantitative estimate of drug-likeness (QED) is 0.834. The first-order valence-corrected chi connectivity index (χ1v) is 6.28. The molecule has 0 bridgehead atoms. The average molecular weight is 251 g/mol. The molecule has 18 heavy (non-hydrogen) atoms. The molecule has 0 aromatic carbocycles. The number of carboxylic acids is 1. The summed E-state index contributed by atoms with van der Waals surface area (Å²) in [5.41, 5.74) is 1.98. The van der Waals surface area contributed by atoms with E-state index in [-0.39, 0.29) is 0 Å². The molecule has 1 atom stereocenters. The van der Waals surface area contributed by atoms with Gasteiger partial charge in [0.25, 0.3) is 0 Å². The summed E-state index contributed by atoms with van der Waals surface area (Å²) >= 11 is 0. The standard InChI is InChI=1S/C13H21N3O2/c1-5-10-7-11(6-2)15-13(14-10)16(4)8-9(3)12(17)18/h7,9H,5-6,8H2,1-4H3,(H,17,18). The number of hydrogen-bond acceptors (Lipinski definition) is 4. The van der Waals surface area contributed by atoms with Crippen LogP contribution in [0.1, 0.15) is 32.2 Å². The lowest BCUT2D eigenvalue weighted by molar-refractivity contribution is -0.140. The van der Waals surface area contributed by atoms with E-state index in [1.165, 1.54) is 0 Å². The molecular weight excluding hydrogens is 230 g/mol. The molecule has 1 aromatic heterocycles. The smallest absolute Gasteiger partial charge is 0.308 e. The highest BCUT2D eigenvalue weighted by Crippen LogP contribution is 2.12. The van der Waals surface area contributed by atoms with Gasteiger partial charge >= 0.3 is 5.97 Å². The first kappa shape index (κ1) is 14.4. The highest BCUT2D eigenvalue weighted by atomic mass is 16.4. The molecule has 0 amide bonds. The fraction of sp³-hybridized carbons (Fsp3) is 0.615. The predicted octanol–water partition coefficient (Wildman–Crippen LogP) is 1.76. The summed E-state index contributed by atoms with van der Waals surface area (Å²) in [4.78, 5) is 21.5. The Morgan fingerprint density at radius 2 is 1.83 bits per heavy atom. The molecule has 1 heterocycles. The largest absolute Gasteiger partial charge is 0.481 e. The van der Waals surface area contributed by atoms with Crippen LogP contribution in [-0.4, -0.2) is 34.6 Å². The number of aliphatic carboxylic acids is 1. The van der Waals surface area contributed by atoms with Gasteiger partial charge < -0.3 is 10.0 Å². The zero-order valence-electron chi connectivity index (χ0n) is 11.5. The van der Waals surface area contributed by atoms with E-state index in [4.69, 9.17) is 5.11 Å². The van der Waals surface area contributed by atoms with Gasteiger partial charge in [-0.3, -0.25) is 4.79 Å². The molecule has 0 saturated carbocycles. The third-order valence-electron chi connectivity index (χ3n) is 2.86. The minimum atomic E-state index is -0.802. The Kier molecular flexibility index (Phi) is 5.07. The van der Waals surface area contributed by atoms with Crippen LogP contribution < -0.4 is 4.90 Å². The number of carbonyl (C=O) groups is 1. The Bertz CT molecular complexity index is 398. The number of nitrogens with zero attached hydrogens (tertiary/aromatic N) is 3. The Balaban J connectivity index is 2.90. The summed E-state index contributed by atoms with van der Waals surface area (Å²) in [7, 11) is 1.83. The first-order valence-electron chi connectivity index (χ1n) is 6.28. The van der Waals surface area contributed by atoms with Crippen molar-refractivity contribution in [1.29, 1.82) is 0 Å². The van der Waals surface area contributed by atoms with Crippen LogP contribution in [0.2, 0.25) is 0 Å². The lowest BCUT2D eigenvalue weighted by atomic mass is 10.2. The van der Waals surface area contributed by atoms with E-state index in [1.54, 1.807) is 11.8 Å². The second kappa shape index (κ2) is 6.33. The highest BCUT2D eigenvalue weighted by Gasteiger charge is 2.16. The fourth-order valence-corrected chi connectivity index (χ4v) is 1.64. The molecule has 1 N–H and O–H groups in total. The molecule has 0 aliphatic heterocycles. The second-order valence-electron chi connectivity index (χ2n) is 4.48. The Hall–Kier alpha value is -1.65. The van der Waals surface area contributed by atoms with Crippen molar-refractivity contribution in [3.05, 3.63) is 17.5 Å². The molecule has 0 spiro atoms. The number of rotatable bonds is 6. The number of carboxylic acid groups (broad SMARTS) is 1. The van der Waals surface area contributed by atoms with Crippen LogP contribution in [0.5, 0.6) is 0 Å². The SMILES string of the molecule is CCc1cc(CC)nc(N(C)CC(C)C(=O)O)n1. The van der Waals surface area contributed by atoms with Gasteiger partial charge in [-0.25, -0.2) is 9.97 Å². The van der Waals surface area contributed by atoms with Crippen LogP contribution in [0, 0.1) is 5.92 Å². The predicted molar refractivity (Wildman–Crippen MR) is 70.9 cm³/mol. The summed E-state index contributed by atoms with van der Waals surface area (Å²) in [6.45, 7) is 6.19. The Morgan fingerprint density at radius 3 is 2.22 bits per heavy atom. The van der Waals surface area contributed by atoms with Gasteiger partial charge in [0.05, 0.1) is 5.92 Å². The van der Waals surface area contributed by atoms with Crippen LogP contribution in [0.3, 0.4) is 0 Å². The molecule has 5 heteroatoms. The van der Waals surface area contributed by atoms with E-state index in [0.29, 0.717) is 12.5 Å². The zero-order chi connectivity index (χ0) is 13.7. The van der Waals surface area contributed by atoms with Crippen LogP contribution in [0.25, 0.3) is 0 Å². The maximum Gasteiger partial charge on any atom is 0.308 e. The zero-order valence-corrected chi connectivity index (χ0v) is 11.5. The summed E-state index contributed by atoms with van der Waals surface area (Å²) in [5.74, 6) is -0.627. The van der Waals surface area contributed by atoms with E-state index in [1.807, 2.05) is 27.0 Å². The number of aryl methyl sites for hydroxylation is 2. The molecule has 1 unspecified atom stereocenters. The Labute approximate surface area is 108 Å². The van der Waals surface area contributed by atoms with Crippen molar-refractivity contribution in [3.63, 3.8) is 0 Å². The lowest BCUT2D eigenvalue weighted by Crippen LogP contribution is -2.30. The van der Waals surface area contributed by atoms with Gasteiger partial charge in [0, 0.05) is 25.0 Å². The number of hydrogen-bond donors (Lipinski definition) is 1. The summed E-state index contributed by atoms with van der Waals surface area (Å²) in [5, 5.41) is 8.91. The van der Waals surface area contributed by atoms with Crippen molar-refractivity contribution in [2.75, 3.05) is 18.5 Å². The van der Waals surface area contributed by atoms with Gasteiger partial charge in [0.2, 0.25) is 5.95 Å². The maximum atomic E-state index is 10.8. The molecule has 1 aromatic rings. The molecule has 100 valence electrons. The van der Waals surface area contributed by atoms with E-state index in [9.17, 15) is 4.79 Å². The summed E-state index contributed by atoms with van der Waals surface area (Å²) < 4.78 is 0. The topological polar surface area (TPSA) is 66.3 Å². The normalized spacial score (nSPS) is 12.2. The first-order chi connectivity index (χ1) is 8.47. The highest BCUT2D eigenvalue weighted by molar-refractivity contribution is 5.70. The van der Waals surface area contributed by atoms with Crippen molar-refractivity contribution in [2.45, 2.75) is 33.6 Å². The maximum absolute atomic E-state index is 10.8. The lowest BCUT2D eigenvalue weighted by Gasteiger charge is -2.20. The van der Waals surface area contributed by atoms with Crippen LogP contribution in [0.15, 0.2) is 6.07 Å². The van der Waals surface area contributed by atoms with Gasteiger partial charge in [0.15, 0.2) is 0 Å².